The summed E-state index contributed by atoms with van der Waals surface area (Å²) in [5.74, 6) is 1.24. The molecule has 7 aliphatic rings. The molecule has 6 aliphatic carbocycles. The molecule has 1 aliphatic heterocycles. The Morgan fingerprint density at radius 3 is 2.21 bits per heavy atom. The number of hydrogen-bond acceptors (Lipinski definition) is 1. The van der Waals surface area contributed by atoms with E-state index < -0.39 is 0 Å². The molecule has 0 fully saturated rings. The fourth-order valence-corrected chi connectivity index (χ4v) is 13.2. The van der Waals surface area contributed by atoms with Crippen molar-refractivity contribution in [2.75, 3.05) is 4.90 Å². The Morgan fingerprint density at radius 2 is 1.35 bits per heavy atom. The van der Waals surface area contributed by atoms with Crippen LogP contribution in [0.1, 0.15) is 71.4 Å². The van der Waals surface area contributed by atoms with Crippen molar-refractivity contribution >= 4 is 44.7 Å². The van der Waals surface area contributed by atoms with Gasteiger partial charge in [0, 0.05) is 40.7 Å². The van der Waals surface area contributed by atoms with Gasteiger partial charge in [0.15, 0.2) is 0 Å². The van der Waals surface area contributed by atoms with E-state index in [0.717, 1.165) is 32.1 Å². The van der Waals surface area contributed by atoms with Crippen LogP contribution in [0.2, 0.25) is 0 Å². The predicted molar refractivity (Wildman–Crippen MR) is 300 cm³/mol. The molecule has 0 amide bonds. The Labute approximate surface area is 418 Å². The van der Waals surface area contributed by atoms with Crippen LogP contribution in [0.5, 0.6) is 0 Å². The van der Waals surface area contributed by atoms with E-state index in [9.17, 15) is 0 Å². The monoisotopic (exact) mass is 909 g/mol. The highest BCUT2D eigenvalue weighted by atomic mass is 15.2. The standard InChI is InChI=1S/C70H55N/c1-45-30-31-48-41-53(35-32-47(48)40-45)68-61-25-10-12-27-63(61)70(64-28-13-11-26-62(64)68)55-37-34-49-42-54(36-33-50(49)43-55)69-59-23-8-6-21-57(59)67(58-22-7-9-24-60(58)69)52-18-15-17-51(44-52)66-39-38-46-16-5-14-29-65(46)71(66)56-19-3-2-4-20-56/h2-10,12,14-30,32-37,39-41,43-44,48,54,63,70H,11,13,31,38,42H2,1H3. The SMILES string of the molecule is CC1=CCC2C=C(C3=C4C=CC=CC4C(c4ccc5c(c4)C=CC(c4c6ccccc6c(-c6cccc(C7=CCc8ccccc8N7c7ccccc7)c6)c6ccccc46)C5)C4=CCCC=C43)C=CC2=C1. The summed E-state index contributed by atoms with van der Waals surface area (Å²) in [4.78, 5) is 2.44. The zero-order valence-electron chi connectivity index (χ0n) is 40.2. The van der Waals surface area contributed by atoms with Gasteiger partial charge in [-0.05, 0) is 163 Å². The van der Waals surface area contributed by atoms with Crippen LogP contribution >= 0.6 is 0 Å². The van der Waals surface area contributed by atoms with E-state index in [-0.39, 0.29) is 17.8 Å². The number of allylic oxidation sites excluding steroid dienone is 20. The van der Waals surface area contributed by atoms with E-state index in [0.29, 0.717) is 5.92 Å². The quantitative estimate of drug-likeness (QED) is 0.150. The summed E-state index contributed by atoms with van der Waals surface area (Å²) < 4.78 is 0. The summed E-state index contributed by atoms with van der Waals surface area (Å²) in [7, 11) is 0. The van der Waals surface area contributed by atoms with Crippen LogP contribution in [-0.4, -0.2) is 0 Å². The second kappa shape index (κ2) is 17.1. The van der Waals surface area contributed by atoms with E-state index >= 15 is 0 Å². The summed E-state index contributed by atoms with van der Waals surface area (Å²) in [6, 6.07) is 54.8. The molecule has 4 atom stereocenters. The third-order valence-electron chi connectivity index (χ3n) is 16.4. The number of benzene rings is 7. The van der Waals surface area contributed by atoms with Crippen molar-refractivity contribution in [3.63, 3.8) is 0 Å². The summed E-state index contributed by atoms with van der Waals surface area (Å²) in [6.07, 6.45) is 39.1. The van der Waals surface area contributed by atoms with Gasteiger partial charge in [-0.25, -0.2) is 0 Å². The predicted octanol–water partition coefficient (Wildman–Crippen LogP) is 17.9. The first-order valence-corrected chi connectivity index (χ1v) is 25.9. The number of rotatable bonds is 6. The first-order valence-electron chi connectivity index (χ1n) is 25.9. The molecule has 1 heteroatoms. The average Bonchev–Trinajstić information content (AvgIpc) is 3.43. The highest BCUT2D eigenvalue weighted by Crippen LogP contribution is 2.54. The summed E-state index contributed by atoms with van der Waals surface area (Å²) >= 11 is 0. The molecule has 1 nitrogen and oxygen atoms in total. The third-order valence-corrected chi connectivity index (χ3v) is 16.4. The van der Waals surface area contributed by atoms with Crippen molar-refractivity contribution in [1.29, 1.82) is 0 Å². The normalized spacial score (nSPS) is 21.8. The highest BCUT2D eigenvalue weighted by Gasteiger charge is 2.39. The second-order valence-electron chi connectivity index (χ2n) is 20.5. The Hall–Kier alpha value is -8.00. The Balaban J connectivity index is 0.823. The molecule has 0 bridgehead atoms. The molecule has 7 aromatic carbocycles. The lowest BCUT2D eigenvalue weighted by molar-refractivity contribution is 0.623. The van der Waals surface area contributed by atoms with Crippen LogP contribution in [0.4, 0.5) is 11.4 Å². The van der Waals surface area contributed by atoms with E-state index in [2.05, 4.69) is 242 Å². The molecule has 340 valence electrons. The van der Waals surface area contributed by atoms with E-state index in [1.54, 1.807) is 0 Å². The first kappa shape index (κ1) is 41.9. The fraction of sp³-hybridized carbons (Fsp3) is 0.143. The molecular formula is C70H55N. The van der Waals surface area contributed by atoms with Gasteiger partial charge in [-0.2, -0.15) is 0 Å². The maximum atomic E-state index is 2.57. The molecule has 14 rings (SSSR count). The molecule has 7 aromatic rings. The van der Waals surface area contributed by atoms with Gasteiger partial charge >= 0.3 is 0 Å². The van der Waals surface area contributed by atoms with Gasteiger partial charge in [0.1, 0.15) is 0 Å². The Kier molecular flexibility index (Phi) is 10.1. The summed E-state index contributed by atoms with van der Waals surface area (Å²) in [6.45, 7) is 2.22. The largest absolute Gasteiger partial charge is 0.310 e. The smallest absolute Gasteiger partial charge is 0.0497 e. The number of hydrogen-bond donors (Lipinski definition) is 0. The number of fused-ring (bicyclic) bond motifs is 7. The maximum Gasteiger partial charge on any atom is 0.0497 e. The number of para-hydroxylation sites is 2. The topological polar surface area (TPSA) is 3.24 Å². The molecule has 0 saturated heterocycles. The molecule has 4 unspecified atom stereocenters. The molecule has 0 radical (unpaired) electrons. The molecule has 71 heavy (non-hydrogen) atoms. The van der Waals surface area contributed by atoms with Crippen molar-refractivity contribution < 1.29 is 0 Å². The molecule has 1 heterocycles. The zero-order valence-corrected chi connectivity index (χ0v) is 40.2. The first-order chi connectivity index (χ1) is 35.1. The van der Waals surface area contributed by atoms with Crippen LogP contribution in [0.3, 0.4) is 0 Å². The van der Waals surface area contributed by atoms with Crippen molar-refractivity contribution in [1.82, 2.24) is 0 Å². The van der Waals surface area contributed by atoms with E-state index in [1.165, 1.54) is 122 Å². The van der Waals surface area contributed by atoms with Crippen molar-refractivity contribution in [3.8, 4) is 11.1 Å². The molecular weight excluding hydrogens is 855 g/mol. The molecule has 0 saturated carbocycles. The second-order valence-corrected chi connectivity index (χ2v) is 20.5. The highest BCUT2D eigenvalue weighted by molar-refractivity contribution is 6.15. The van der Waals surface area contributed by atoms with Crippen LogP contribution < -0.4 is 4.90 Å². The zero-order chi connectivity index (χ0) is 47.0. The van der Waals surface area contributed by atoms with Crippen LogP contribution in [0, 0.1) is 11.8 Å². The molecule has 0 aromatic heterocycles. The van der Waals surface area contributed by atoms with E-state index in [4.69, 9.17) is 0 Å². The van der Waals surface area contributed by atoms with Crippen molar-refractivity contribution in [2.45, 2.75) is 50.9 Å². The summed E-state index contributed by atoms with van der Waals surface area (Å²) in [5.41, 5.74) is 24.4. The minimum absolute atomic E-state index is 0.236. The van der Waals surface area contributed by atoms with Gasteiger partial charge in [0.25, 0.3) is 0 Å². The minimum Gasteiger partial charge on any atom is -0.310 e. The van der Waals surface area contributed by atoms with Crippen molar-refractivity contribution in [2.24, 2.45) is 11.8 Å². The van der Waals surface area contributed by atoms with Crippen LogP contribution in [0.25, 0.3) is 44.4 Å². The van der Waals surface area contributed by atoms with Crippen LogP contribution in [0.15, 0.2) is 264 Å². The average molecular weight is 910 g/mol. The maximum absolute atomic E-state index is 2.57. The minimum atomic E-state index is 0.236. The van der Waals surface area contributed by atoms with Gasteiger partial charge in [0.2, 0.25) is 0 Å². The lowest BCUT2D eigenvalue weighted by atomic mass is 9.62. The number of anilines is 2. The van der Waals surface area contributed by atoms with Gasteiger partial charge in [-0.15, -0.1) is 0 Å². The van der Waals surface area contributed by atoms with E-state index in [1.807, 2.05) is 0 Å². The number of nitrogens with zero attached hydrogens (tertiary/aromatic N) is 1. The van der Waals surface area contributed by atoms with Crippen molar-refractivity contribution in [3.05, 3.63) is 297 Å². The lowest BCUT2D eigenvalue weighted by Crippen LogP contribution is -2.26. The fourth-order valence-electron chi connectivity index (χ4n) is 13.2. The molecule has 0 N–H and O–H groups in total. The van der Waals surface area contributed by atoms with Gasteiger partial charge in [0.05, 0.1) is 0 Å². The third kappa shape index (κ3) is 7.04. The molecule has 0 spiro atoms. The summed E-state index contributed by atoms with van der Waals surface area (Å²) in [5, 5.41) is 5.28. The Bertz CT molecular complexity index is 3690. The van der Waals surface area contributed by atoms with Gasteiger partial charge < -0.3 is 4.90 Å². The van der Waals surface area contributed by atoms with Gasteiger partial charge in [-0.1, -0.05) is 212 Å². The van der Waals surface area contributed by atoms with Gasteiger partial charge in [-0.3, -0.25) is 0 Å². The lowest BCUT2D eigenvalue weighted by Gasteiger charge is -2.41. The van der Waals surface area contributed by atoms with Crippen LogP contribution in [-0.2, 0) is 12.8 Å². The Morgan fingerprint density at radius 1 is 0.577 bits per heavy atom.